The maximum atomic E-state index is 13.1. The van der Waals surface area contributed by atoms with Gasteiger partial charge in [-0.3, -0.25) is 9.59 Å². The van der Waals surface area contributed by atoms with Gasteiger partial charge >= 0.3 is 0 Å². The van der Waals surface area contributed by atoms with Crippen molar-refractivity contribution in [2.45, 2.75) is 33.2 Å². The van der Waals surface area contributed by atoms with E-state index in [2.05, 4.69) is 15.6 Å². The van der Waals surface area contributed by atoms with Crippen LogP contribution in [0.3, 0.4) is 0 Å². The molecule has 0 saturated carbocycles. The number of nitrogens with one attached hydrogen (secondary N) is 2. The molecular formula is C18H22FN3O2S. The zero-order valence-electron chi connectivity index (χ0n) is 14.7. The van der Waals surface area contributed by atoms with Crippen molar-refractivity contribution in [3.8, 4) is 10.6 Å². The molecule has 5 nitrogen and oxygen atoms in total. The van der Waals surface area contributed by atoms with Crippen LogP contribution in [-0.2, 0) is 4.79 Å². The summed E-state index contributed by atoms with van der Waals surface area (Å²) in [7, 11) is 1.55. The third-order valence-electron chi connectivity index (χ3n) is 3.67. The Morgan fingerprint density at radius 2 is 1.88 bits per heavy atom. The van der Waals surface area contributed by atoms with E-state index in [1.165, 1.54) is 23.5 Å². The molecule has 0 aliphatic carbocycles. The zero-order valence-corrected chi connectivity index (χ0v) is 15.5. The largest absolute Gasteiger partial charge is 0.357 e. The molecule has 0 saturated heterocycles. The second-order valence-electron chi connectivity index (χ2n) is 6.21. The average molecular weight is 363 g/mol. The van der Waals surface area contributed by atoms with Gasteiger partial charge in [0.25, 0.3) is 5.91 Å². The summed E-state index contributed by atoms with van der Waals surface area (Å²) >= 11 is 1.23. The number of benzene rings is 1. The zero-order chi connectivity index (χ0) is 18.6. The van der Waals surface area contributed by atoms with Crippen molar-refractivity contribution in [1.82, 2.24) is 15.6 Å². The average Bonchev–Trinajstić information content (AvgIpc) is 2.95. The Morgan fingerprint density at radius 1 is 1.24 bits per heavy atom. The molecule has 2 aromatic rings. The molecule has 0 radical (unpaired) electrons. The SMILES string of the molecule is CNC(=O)C(CC(C)C)NC(=O)c1sc(-c2ccc(F)cc2)nc1C. The molecular weight excluding hydrogens is 341 g/mol. The maximum Gasteiger partial charge on any atom is 0.263 e. The first-order valence-corrected chi connectivity index (χ1v) is 8.89. The fourth-order valence-electron chi connectivity index (χ4n) is 2.42. The van der Waals surface area contributed by atoms with E-state index in [4.69, 9.17) is 0 Å². The van der Waals surface area contributed by atoms with Gasteiger partial charge in [-0.2, -0.15) is 0 Å². The van der Waals surface area contributed by atoms with Gasteiger partial charge in [-0.1, -0.05) is 13.8 Å². The van der Waals surface area contributed by atoms with Gasteiger partial charge in [0.15, 0.2) is 0 Å². The number of carbonyl (C=O) groups is 2. The minimum absolute atomic E-state index is 0.219. The highest BCUT2D eigenvalue weighted by Gasteiger charge is 2.24. The lowest BCUT2D eigenvalue weighted by atomic mass is 10.0. The highest BCUT2D eigenvalue weighted by molar-refractivity contribution is 7.17. The Labute approximate surface area is 150 Å². The number of nitrogens with zero attached hydrogens (tertiary/aromatic N) is 1. The molecule has 2 N–H and O–H groups in total. The fraction of sp³-hybridized carbons (Fsp3) is 0.389. The van der Waals surface area contributed by atoms with E-state index in [0.29, 0.717) is 22.0 Å². The Hall–Kier alpha value is -2.28. The molecule has 1 aromatic carbocycles. The summed E-state index contributed by atoms with van der Waals surface area (Å²) in [5.74, 6) is -0.599. The summed E-state index contributed by atoms with van der Waals surface area (Å²) in [4.78, 5) is 29.4. The van der Waals surface area contributed by atoms with Gasteiger partial charge in [0.2, 0.25) is 5.91 Å². The van der Waals surface area contributed by atoms with Gasteiger partial charge in [-0.05, 0) is 43.5 Å². The number of aromatic nitrogens is 1. The number of rotatable bonds is 6. The molecule has 7 heteroatoms. The number of amides is 2. The van der Waals surface area contributed by atoms with Crippen LogP contribution in [0.25, 0.3) is 10.6 Å². The Morgan fingerprint density at radius 3 is 2.44 bits per heavy atom. The van der Waals surface area contributed by atoms with Gasteiger partial charge in [0.05, 0.1) is 5.69 Å². The molecule has 134 valence electrons. The first kappa shape index (κ1) is 19.1. The van der Waals surface area contributed by atoms with Gasteiger partial charge < -0.3 is 10.6 Å². The van der Waals surface area contributed by atoms with Crippen LogP contribution in [0.5, 0.6) is 0 Å². The third-order valence-corrected chi connectivity index (χ3v) is 4.87. The van der Waals surface area contributed by atoms with E-state index in [9.17, 15) is 14.0 Å². The molecule has 1 unspecified atom stereocenters. The lowest BCUT2D eigenvalue weighted by Gasteiger charge is -2.18. The van der Waals surface area contributed by atoms with Crippen molar-refractivity contribution in [3.63, 3.8) is 0 Å². The molecule has 1 atom stereocenters. The molecule has 2 amide bonds. The standard InChI is InChI=1S/C18H22FN3O2S/c1-10(2)9-14(16(23)20-4)22-17(24)15-11(3)21-18(25-15)12-5-7-13(19)8-6-12/h5-8,10,14H,9H2,1-4H3,(H,20,23)(H,22,24). The van der Waals surface area contributed by atoms with Crippen LogP contribution in [0.4, 0.5) is 4.39 Å². The van der Waals surface area contributed by atoms with Crippen LogP contribution >= 0.6 is 11.3 Å². The highest BCUT2D eigenvalue weighted by atomic mass is 32.1. The van der Waals surface area contributed by atoms with E-state index in [1.54, 1.807) is 26.1 Å². The summed E-state index contributed by atoms with van der Waals surface area (Å²) in [6.07, 6.45) is 0.550. The summed E-state index contributed by atoms with van der Waals surface area (Å²) < 4.78 is 13.1. The van der Waals surface area contributed by atoms with Crippen LogP contribution < -0.4 is 10.6 Å². The van der Waals surface area contributed by atoms with Crippen LogP contribution in [-0.4, -0.2) is 29.9 Å². The number of halogens is 1. The van der Waals surface area contributed by atoms with Gasteiger partial charge in [0.1, 0.15) is 21.7 Å². The first-order valence-electron chi connectivity index (χ1n) is 8.07. The number of aryl methyl sites for hydroxylation is 1. The number of hydrogen-bond acceptors (Lipinski definition) is 4. The smallest absolute Gasteiger partial charge is 0.263 e. The lowest BCUT2D eigenvalue weighted by molar-refractivity contribution is -0.122. The van der Waals surface area contributed by atoms with Crippen molar-refractivity contribution in [3.05, 3.63) is 40.7 Å². The first-order chi connectivity index (χ1) is 11.8. The summed E-state index contributed by atoms with van der Waals surface area (Å²) in [6.45, 7) is 5.73. The molecule has 2 rings (SSSR count). The summed E-state index contributed by atoms with van der Waals surface area (Å²) in [6, 6.07) is 5.38. The predicted octanol–water partition coefficient (Wildman–Crippen LogP) is 3.15. The molecule has 0 fully saturated rings. The fourth-order valence-corrected chi connectivity index (χ4v) is 3.40. The van der Waals surface area contributed by atoms with E-state index < -0.39 is 6.04 Å². The molecule has 0 aliphatic rings. The minimum atomic E-state index is -0.590. The maximum absolute atomic E-state index is 13.1. The van der Waals surface area contributed by atoms with Crippen LogP contribution in [0.15, 0.2) is 24.3 Å². The van der Waals surface area contributed by atoms with Crippen LogP contribution in [0.2, 0.25) is 0 Å². The van der Waals surface area contributed by atoms with E-state index in [1.807, 2.05) is 13.8 Å². The van der Waals surface area contributed by atoms with Crippen molar-refractivity contribution in [1.29, 1.82) is 0 Å². The molecule has 1 heterocycles. The van der Waals surface area contributed by atoms with Crippen molar-refractivity contribution in [2.75, 3.05) is 7.05 Å². The lowest BCUT2D eigenvalue weighted by Crippen LogP contribution is -2.46. The van der Waals surface area contributed by atoms with Gasteiger partial charge in [0, 0.05) is 12.6 Å². The molecule has 0 bridgehead atoms. The Balaban J connectivity index is 2.21. The molecule has 0 aliphatic heterocycles. The van der Waals surface area contributed by atoms with Crippen LogP contribution in [0, 0.1) is 18.7 Å². The van der Waals surface area contributed by atoms with Gasteiger partial charge in [-0.25, -0.2) is 9.37 Å². The molecule has 0 spiro atoms. The topological polar surface area (TPSA) is 71.1 Å². The number of hydrogen-bond donors (Lipinski definition) is 2. The second kappa shape index (κ2) is 8.20. The van der Waals surface area contributed by atoms with Gasteiger partial charge in [-0.15, -0.1) is 11.3 Å². The normalized spacial score (nSPS) is 12.1. The molecule has 25 heavy (non-hydrogen) atoms. The third kappa shape index (κ3) is 4.85. The highest BCUT2D eigenvalue weighted by Crippen LogP contribution is 2.28. The van der Waals surface area contributed by atoms with E-state index in [0.717, 1.165) is 5.56 Å². The number of likely N-dealkylation sites (N-methyl/N-ethyl adjacent to an activating group) is 1. The summed E-state index contributed by atoms with van der Waals surface area (Å²) in [5, 5.41) is 6.01. The van der Waals surface area contributed by atoms with E-state index >= 15 is 0 Å². The number of carbonyl (C=O) groups excluding carboxylic acids is 2. The van der Waals surface area contributed by atoms with Crippen LogP contribution in [0.1, 0.15) is 35.6 Å². The minimum Gasteiger partial charge on any atom is -0.357 e. The van der Waals surface area contributed by atoms with Crippen molar-refractivity contribution >= 4 is 23.2 Å². The Bertz CT molecular complexity index is 756. The predicted molar refractivity (Wildman–Crippen MR) is 97.0 cm³/mol. The van der Waals surface area contributed by atoms with E-state index in [-0.39, 0.29) is 23.5 Å². The monoisotopic (exact) mass is 363 g/mol. The Kier molecular flexibility index (Phi) is 6.25. The number of thiazole rings is 1. The second-order valence-corrected chi connectivity index (χ2v) is 7.21. The quantitative estimate of drug-likeness (QED) is 0.828. The van der Waals surface area contributed by atoms with Crippen molar-refractivity contribution < 1.29 is 14.0 Å². The van der Waals surface area contributed by atoms with Crippen molar-refractivity contribution in [2.24, 2.45) is 5.92 Å². The summed E-state index contributed by atoms with van der Waals surface area (Å²) in [5.41, 5.74) is 1.33. The molecule has 1 aromatic heterocycles.